The Bertz CT molecular complexity index is 805. The minimum Gasteiger partial charge on any atom is -0.316 e. The van der Waals surface area contributed by atoms with Crippen LogP contribution >= 0.6 is 0 Å². The predicted octanol–water partition coefficient (Wildman–Crippen LogP) is 3.26. The summed E-state index contributed by atoms with van der Waals surface area (Å²) >= 11 is 0. The number of benzene rings is 1. The van der Waals surface area contributed by atoms with Crippen LogP contribution in [0.15, 0.2) is 36.5 Å². The van der Waals surface area contributed by atoms with Crippen LogP contribution in [0.1, 0.15) is 11.3 Å². The van der Waals surface area contributed by atoms with E-state index >= 15 is 0 Å². The van der Waals surface area contributed by atoms with Gasteiger partial charge in [-0.25, -0.2) is 13.8 Å². The molecule has 0 saturated carbocycles. The average molecular weight is 326 g/mol. The van der Waals surface area contributed by atoms with Gasteiger partial charge in [0, 0.05) is 11.8 Å². The van der Waals surface area contributed by atoms with E-state index in [9.17, 15) is 26.7 Å². The summed E-state index contributed by atoms with van der Waals surface area (Å²) in [6.07, 6.45) is -3.79. The third kappa shape index (κ3) is 4.26. The highest BCUT2D eigenvalue weighted by Gasteiger charge is 2.38. The molecule has 1 aromatic carbocycles. The van der Waals surface area contributed by atoms with Crippen molar-refractivity contribution in [2.24, 2.45) is 0 Å². The fraction of sp³-hybridized carbons (Fsp3) is 0.0667. The van der Waals surface area contributed by atoms with E-state index in [1.807, 2.05) is 0 Å². The molecule has 3 nitrogen and oxygen atoms in total. The summed E-state index contributed by atoms with van der Waals surface area (Å²) in [5.74, 6) is 0.508. The lowest BCUT2D eigenvalue weighted by Gasteiger charge is -2.08. The number of hydrogen-bond donors (Lipinski definition) is 1. The zero-order valence-electron chi connectivity index (χ0n) is 11.2. The molecule has 0 radical (unpaired) electrons. The molecule has 23 heavy (non-hydrogen) atoms. The largest absolute Gasteiger partial charge is 0.471 e. The second-order valence-electron chi connectivity index (χ2n) is 4.23. The summed E-state index contributed by atoms with van der Waals surface area (Å²) in [6, 6.07) is 5.40. The Morgan fingerprint density at radius 1 is 1.09 bits per heavy atom. The van der Waals surface area contributed by atoms with E-state index in [1.165, 1.54) is 24.4 Å². The quantitative estimate of drug-likeness (QED) is 0.646. The molecule has 0 aliphatic heterocycles. The highest BCUT2D eigenvalue weighted by molar-refractivity contribution is 5.95. The van der Waals surface area contributed by atoms with Crippen LogP contribution in [-0.4, -0.2) is 17.1 Å². The standard InChI is InChI=1S/C15H7F5N2O/c16-10-5-3-9(8-11(10)17)4-6-12-13(2-1-7-21-12)22-14(23)15(18,19)20/h1-3,5,7-8H,(H,22,23). The molecule has 1 aromatic heterocycles. The second-order valence-corrected chi connectivity index (χ2v) is 4.23. The van der Waals surface area contributed by atoms with Gasteiger partial charge in [0.15, 0.2) is 11.6 Å². The number of rotatable bonds is 1. The van der Waals surface area contributed by atoms with Crippen molar-refractivity contribution >= 4 is 11.6 Å². The predicted molar refractivity (Wildman–Crippen MR) is 71.3 cm³/mol. The Hall–Kier alpha value is -2.95. The molecule has 2 aromatic rings. The molecular weight excluding hydrogens is 319 g/mol. The maximum atomic E-state index is 13.0. The highest BCUT2D eigenvalue weighted by atomic mass is 19.4. The minimum absolute atomic E-state index is 0.0997. The van der Waals surface area contributed by atoms with E-state index in [1.54, 1.807) is 5.32 Å². The van der Waals surface area contributed by atoms with Gasteiger partial charge < -0.3 is 5.32 Å². The Balaban J connectivity index is 2.30. The minimum atomic E-state index is -5.05. The van der Waals surface area contributed by atoms with E-state index in [0.717, 1.165) is 12.1 Å². The molecule has 0 unspecified atom stereocenters. The van der Waals surface area contributed by atoms with Crippen molar-refractivity contribution in [3.63, 3.8) is 0 Å². The lowest BCUT2D eigenvalue weighted by atomic mass is 10.2. The number of nitrogens with zero attached hydrogens (tertiary/aromatic N) is 1. The van der Waals surface area contributed by atoms with Gasteiger partial charge in [0.25, 0.3) is 0 Å². The van der Waals surface area contributed by atoms with Crippen molar-refractivity contribution in [2.45, 2.75) is 6.18 Å². The molecule has 0 fully saturated rings. The number of pyridine rings is 1. The van der Waals surface area contributed by atoms with Crippen LogP contribution in [0.3, 0.4) is 0 Å². The third-order valence-electron chi connectivity index (χ3n) is 2.56. The van der Waals surface area contributed by atoms with Crippen LogP contribution in [0.2, 0.25) is 0 Å². The summed E-state index contributed by atoms with van der Waals surface area (Å²) in [7, 11) is 0. The average Bonchev–Trinajstić information content (AvgIpc) is 2.49. The number of carbonyl (C=O) groups excluding carboxylic acids is 1. The van der Waals surface area contributed by atoms with Crippen LogP contribution in [0.5, 0.6) is 0 Å². The van der Waals surface area contributed by atoms with Crippen molar-refractivity contribution in [1.29, 1.82) is 0 Å². The third-order valence-corrected chi connectivity index (χ3v) is 2.56. The van der Waals surface area contributed by atoms with Gasteiger partial charge in [-0.1, -0.05) is 5.92 Å². The fourth-order valence-corrected chi connectivity index (χ4v) is 1.50. The lowest BCUT2D eigenvalue weighted by molar-refractivity contribution is -0.167. The number of nitrogens with one attached hydrogen (secondary N) is 1. The molecule has 1 amide bonds. The summed E-state index contributed by atoms with van der Waals surface area (Å²) in [5.41, 5.74) is -0.289. The highest BCUT2D eigenvalue weighted by Crippen LogP contribution is 2.19. The molecule has 0 spiro atoms. The normalized spacial score (nSPS) is 10.7. The molecule has 1 N–H and O–H groups in total. The van der Waals surface area contributed by atoms with Gasteiger partial charge in [0.1, 0.15) is 5.69 Å². The topological polar surface area (TPSA) is 42.0 Å². The second kappa shape index (κ2) is 6.44. The van der Waals surface area contributed by atoms with Crippen LogP contribution in [0.25, 0.3) is 0 Å². The number of anilines is 1. The van der Waals surface area contributed by atoms with Crippen molar-refractivity contribution in [3.05, 3.63) is 59.4 Å². The maximum Gasteiger partial charge on any atom is 0.471 e. The summed E-state index contributed by atoms with van der Waals surface area (Å²) in [4.78, 5) is 14.7. The van der Waals surface area contributed by atoms with Gasteiger partial charge in [-0.3, -0.25) is 4.79 Å². The number of aromatic nitrogens is 1. The van der Waals surface area contributed by atoms with E-state index in [0.29, 0.717) is 0 Å². The van der Waals surface area contributed by atoms with Crippen LogP contribution < -0.4 is 5.32 Å². The molecule has 0 atom stereocenters. The van der Waals surface area contributed by atoms with Crippen LogP contribution in [0, 0.1) is 23.5 Å². The molecular formula is C15H7F5N2O. The van der Waals surface area contributed by atoms with Gasteiger partial charge in [-0.15, -0.1) is 0 Å². The summed E-state index contributed by atoms with van der Waals surface area (Å²) < 4.78 is 62.6. The molecule has 8 heteroatoms. The van der Waals surface area contributed by atoms with Gasteiger partial charge >= 0.3 is 12.1 Å². The Morgan fingerprint density at radius 3 is 2.48 bits per heavy atom. The Kier molecular flexibility index (Phi) is 4.60. The van der Waals surface area contributed by atoms with E-state index in [4.69, 9.17) is 0 Å². The number of halogens is 5. The summed E-state index contributed by atoms with van der Waals surface area (Å²) in [6.45, 7) is 0. The first-order valence-electron chi connectivity index (χ1n) is 6.07. The monoisotopic (exact) mass is 326 g/mol. The molecule has 118 valence electrons. The zero-order valence-corrected chi connectivity index (χ0v) is 11.2. The van der Waals surface area contributed by atoms with Crippen molar-refractivity contribution in [1.82, 2.24) is 4.98 Å². The van der Waals surface area contributed by atoms with E-state index in [2.05, 4.69) is 16.8 Å². The zero-order chi connectivity index (χ0) is 17.0. The van der Waals surface area contributed by atoms with Crippen LogP contribution in [0.4, 0.5) is 27.6 Å². The van der Waals surface area contributed by atoms with E-state index in [-0.39, 0.29) is 16.9 Å². The Morgan fingerprint density at radius 2 is 1.83 bits per heavy atom. The van der Waals surface area contributed by atoms with Crippen molar-refractivity contribution in [3.8, 4) is 11.8 Å². The molecule has 2 rings (SSSR count). The number of alkyl halides is 3. The first kappa shape index (κ1) is 16.4. The summed E-state index contributed by atoms with van der Waals surface area (Å²) in [5, 5.41) is 1.64. The Labute approximate surface area is 127 Å². The fourth-order valence-electron chi connectivity index (χ4n) is 1.50. The lowest BCUT2D eigenvalue weighted by Crippen LogP contribution is -2.30. The SMILES string of the molecule is O=C(Nc1cccnc1C#Cc1ccc(F)c(F)c1)C(F)(F)F. The molecule has 0 aliphatic carbocycles. The maximum absolute atomic E-state index is 13.0. The molecule has 0 aliphatic rings. The smallest absolute Gasteiger partial charge is 0.316 e. The molecule has 0 saturated heterocycles. The molecule has 1 heterocycles. The number of amides is 1. The van der Waals surface area contributed by atoms with Gasteiger partial charge in [0.05, 0.1) is 5.69 Å². The van der Waals surface area contributed by atoms with Gasteiger partial charge in [-0.2, -0.15) is 13.2 Å². The number of carbonyl (C=O) groups is 1. The van der Waals surface area contributed by atoms with Crippen molar-refractivity contribution < 1.29 is 26.7 Å². The first-order chi connectivity index (χ1) is 10.8. The molecule has 0 bridgehead atoms. The van der Waals surface area contributed by atoms with Gasteiger partial charge in [-0.05, 0) is 36.3 Å². The van der Waals surface area contributed by atoms with Gasteiger partial charge in [0.2, 0.25) is 0 Å². The van der Waals surface area contributed by atoms with Crippen molar-refractivity contribution in [2.75, 3.05) is 5.32 Å². The number of hydrogen-bond acceptors (Lipinski definition) is 2. The van der Waals surface area contributed by atoms with E-state index < -0.39 is 23.7 Å². The van der Waals surface area contributed by atoms with Crippen LogP contribution in [-0.2, 0) is 4.79 Å². The first-order valence-corrected chi connectivity index (χ1v) is 6.07.